The van der Waals surface area contributed by atoms with Gasteiger partial charge in [-0.1, -0.05) is 0 Å². The minimum absolute atomic E-state index is 0.352. The van der Waals surface area contributed by atoms with Crippen LogP contribution in [0.4, 0.5) is 4.39 Å². The summed E-state index contributed by atoms with van der Waals surface area (Å²) in [5.41, 5.74) is 0. The van der Waals surface area contributed by atoms with E-state index >= 15 is 0 Å². The maximum Gasteiger partial charge on any atom is 0.154 e. The molecule has 0 spiro atoms. The summed E-state index contributed by atoms with van der Waals surface area (Å²) in [7, 11) is 0. The van der Waals surface area contributed by atoms with Gasteiger partial charge in [0.25, 0.3) is 0 Å². The van der Waals surface area contributed by atoms with Crippen LogP contribution in [0.5, 0.6) is 0 Å². The lowest BCUT2D eigenvalue weighted by molar-refractivity contribution is 0.0287. The Morgan fingerprint density at radius 2 is 1.89 bits per heavy atom. The van der Waals surface area contributed by atoms with Crippen molar-refractivity contribution in [2.24, 2.45) is 0 Å². The molecule has 4 atom stereocenters. The summed E-state index contributed by atoms with van der Waals surface area (Å²) in [4.78, 5) is 0. The van der Waals surface area contributed by atoms with Gasteiger partial charge in [0.15, 0.2) is 6.17 Å². The van der Waals surface area contributed by atoms with Gasteiger partial charge in [-0.3, -0.25) is 0 Å². The van der Waals surface area contributed by atoms with Crippen LogP contribution >= 0.6 is 0 Å². The van der Waals surface area contributed by atoms with Gasteiger partial charge in [0.05, 0.1) is 12.2 Å². The van der Waals surface area contributed by atoms with Crippen molar-refractivity contribution in [1.82, 2.24) is 0 Å². The highest BCUT2D eigenvalue weighted by molar-refractivity contribution is 4.85. The fourth-order valence-electron chi connectivity index (χ4n) is 1.03. The monoisotopic (exact) mass is 134 g/mol. The van der Waals surface area contributed by atoms with E-state index in [1.165, 1.54) is 0 Å². The molecule has 1 aliphatic heterocycles. The second-order valence-corrected chi connectivity index (χ2v) is 2.48. The Morgan fingerprint density at radius 3 is 2.00 bits per heavy atom. The molecule has 1 saturated heterocycles. The Kier molecular flexibility index (Phi) is 1.73. The van der Waals surface area contributed by atoms with E-state index in [1.54, 1.807) is 13.8 Å². The van der Waals surface area contributed by atoms with Gasteiger partial charge < -0.3 is 9.84 Å². The lowest BCUT2D eigenvalue weighted by Crippen LogP contribution is -2.26. The average molecular weight is 134 g/mol. The highest BCUT2D eigenvalue weighted by Crippen LogP contribution is 2.22. The molecule has 9 heavy (non-hydrogen) atoms. The van der Waals surface area contributed by atoms with Crippen LogP contribution in [-0.4, -0.2) is 29.6 Å². The lowest BCUT2D eigenvalue weighted by Gasteiger charge is -2.05. The Hall–Kier alpha value is -0.150. The van der Waals surface area contributed by atoms with E-state index in [-0.39, 0.29) is 6.10 Å². The number of aliphatic hydroxyl groups is 1. The Morgan fingerprint density at radius 1 is 1.33 bits per heavy atom. The zero-order valence-electron chi connectivity index (χ0n) is 5.54. The second kappa shape index (κ2) is 2.23. The summed E-state index contributed by atoms with van der Waals surface area (Å²) < 4.78 is 17.5. The van der Waals surface area contributed by atoms with Crippen molar-refractivity contribution in [3.8, 4) is 0 Å². The smallest absolute Gasteiger partial charge is 0.154 e. The van der Waals surface area contributed by atoms with E-state index in [0.717, 1.165) is 0 Å². The molecule has 1 aliphatic rings. The molecule has 0 aromatic heterocycles. The molecule has 0 aliphatic carbocycles. The van der Waals surface area contributed by atoms with Crippen LogP contribution in [0.3, 0.4) is 0 Å². The van der Waals surface area contributed by atoms with Gasteiger partial charge in [-0.2, -0.15) is 0 Å². The van der Waals surface area contributed by atoms with Crippen molar-refractivity contribution in [2.75, 3.05) is 0 Å². The highest BCUT2D eigenvalue weighted by Gasteiger charge is 2.38. The molecule has 3 heteroatoms. The Balaban J connectivity index is 2.54. The lowest BCUT2D eigenvalue weighted by atomic mass is 10.1. The molecule has 1 fully saturated rings. The van der Waals surface area contributed by atoms with Gasteiger partial charge in [-0.15, -0.1) is 0 Å². The predicted octanol–water partition coefficient (Wildman–Crippen LogP) is 0.493. The van der Waals surface area contributed by atoms with Crippen LogP contribution in [0.15, 0.2) is 0 Å². The Labute approximate surface area is 53.6 Å². The highest BCUT2D eigenvalue weighted by atomic mass is 19.1. The van der Waals surface area contributed by atoms with E-state index in [2.05, 4.69) is 0 Å². The number of halogens is 1. The van der Waals surface area contributed by atoms with E-state index in [4.69, 9.17) is 9.84 Å². The molecule has 0 bridgehead atoms. The number of ether oxygens (including phenoxy) is 1. The minimum atomic E-state index is -1.21. The van der Waals surface area contributed by atoms with Crippen molar-refractivity contribution >= 4 is 0 Å². The van der Waals surface area contributed by atoms with Crippen molar-refractivity contribution in [3.63, 3.8) is 0 Å². The van der Waals surface area contributed by atoms with Gasteiger partial charge in [-0.05, 0) is 13.8 Å². The van der Waals surface area contributed by atoms with Crippen molar-refractivity contribution in [1.29, 1.82) is 0 Å². The molecular formula is C6H11FO2. The number of hydrogen-bond acceptors (Lipinski definition) is 2. The number of rotatable bonds is 0. The van der Waals surface area contributed by atoms with Crippen LogP contribution in [0, 0.1) is 0 Å². The third-order valence-corrected chi connectivity index (χ3v) is 1.68. The molecule has 0 aromatic rings. The molecule has 0 radical (unpaired) electrons. The molecule has 0 aromatic carbocycles. The van der Waals surface area contributed by atoms with Crippen LogP contribution < -0.4 is 0 Å². The first-order chi connectivity index (χ1) is 4.13. The van der Waals surface area contributed by atoms with E-state index in [9.17, 15) is 4.39 Å². The fourth-order valence-corrected chi connectivity index (χ4v) is 1.03. The summed E-state index contributed by atoms with van der Waals surface area (Å²) in [6.07, 6.45) is -2.94. The Bertz CT molecular complexity index is 95.2. The molecule has 0 saturated carbocycles. The molecular weight excluding hydrogens is 123 g/mol. The molecule has 1 N–H and O–H groups in total. The molecule has 0 unspecified atom stereocenters. The van der Waals surface area contributed by atoms with Crippen LogP contribution in [0.2, 0.25) is 0 Å². The first-order valence-corrected chi connectivity index (χ1v) is 3.10. The summed E-state index contributed by atoms with van der Waals surface area (Å²) in [6.45, 7) is 3.29. The van der Waals surface area contributed by atoms with E-state index in [1.807, 2.05) is 0 Å². The summed E-state index contributed by atoms with van der Waals surface area (Å²) in [5.74, 6) is 0. The quantitative estimate of drug-likeness (QED) is 0.522. The minimum Gasteiger partial charge on any atom is -0.387 e. The number of hydrogen-bond donors (Lipinski definition) is 1. The first kappa shape index (κ1) is 6.96. The topological polar surface area (TPSA) is 29.5 Å². The fraction of sp³-hybridized carbons (Fsp3) is 1.00. The maximum atomic E-state index is 12.6. The normalized spacial score (nSPS) is 52.0. The third kappa shape index (κ3) is 1.07. The van der Waals surface area contributed by atoms with Gasteiger partial charge in [0, 0.05) is 0 Å². The van der Waals surface area contributed by atoms with Crippen molar-refractivity contribution < 1.29 is 14.2 Å². The summed E-state index contributed by atoms with van der Waals surface area (Å²) in [5, 5.41) is 8.94. The van der Waals surface area contributed by atoms with E-state index < -0.39 is 18.4 Å². The molecule has 0 amide bonds. The van der Waals surface area contributed by atoms with Crippen LogP contribution in [0.1, 0.15) is 13.8 Å². The molecule has 1 rings (SSSR count). The largest absolute Gasteiger partial charge is 0.387 e. The van der Waals surface area contributed by atoms with E-state index in [0.29, 0.717) is 0 Å². The molecule has 1 heterocycles. The first-order valence-electron chi connectivity index (χ1n) is 3.10. The van der Waals surface area contributed by atoms with Crippen molar-refractivity contribution in [2.45, 2.75) is 38.3 Å². The summed E-state index contributed by atoms with van der Waals surface area (Å²) >= 11 is 0. The van der Waals surface area contributed by atoms with Gasteiger partial charge in [0.2, 0.25) is 0 Å². The maximum absolute atomic E-state index is 12.6. The number of aliphatic hydroxyl groups excluding tert-OH is 1. The summed E-state index contributed by atoms with van der Waals surface area (Å²) in [6, 6.07) is 0. The van der Waals surface area contributed by atoms with Crippen LogP contribution in [0.25, 0.3) is 0 Å². The van der Waals surface area contributed by atoms with Crippen molar-refractivity contribution in [3.05, 3.63) is 0 Å². The zero-order valence-corrected chi connectivity index (χ0v) is 5.54. The average Bonchev–Trinajstić information content (AvgIpc) is 1.98. The van der Waals surface area contributed by atoms with Gasteiger partial charge in [-0.25, -0.2) is 4.39 Å². The SMILES string of the molecule is C[C@@H]1O[C@H](C)[C@@H](F)[C@H]1O. The second-order valence-electron chi connectivity index (χ2n) is 2.48. The standard InChI is InChI=1S/C6H11FO2/c1-3-5(7)6(8)4(2)9-3/h3-6,8H,1-2H3/t3-,4+,5-,6+/m1/s1. The zero-order chi connectivity index (χ0) is 7.02. The van der Waals surface area contributed by atoms with Crippen LogP contribution in [-0.2, 0) is 4.74 Å². The number of alkyl halides is 1. The molecule has 2 nitrogen and oxygen atoms in total. The molecule has 54 valence electrons. The van der Waals surface area contributed by atoms with Gasteiger partial charge >= 0.3 is 0 Å². The third-order valence-electron chi connectivity index (χ3n) is 1.68. The van der Waals surface area contributed by atoms with Gasteiger partial charge in [0.1, 0.15) is 6.10 Å². The predicted molar refractivity (Wildman–Crippen MR) is 30.9 cm³/mol.